The third-order valence-corrected chi connectivity index (χ3v) is 6.05. The first kappa shape index (κ1) is 22.3. The highest BCUT2D eigenvalue weighted by molar-refractivity contribution is 5.89. The van der Waals surface area contributed by atoms with Crippen LogP contribution in [0.4, 0.5) is 0 Å². The first-order chi connectivity index (χ1) is 14.5. The van der Waals surface area contributed by atoms with E-state index < -0.39 is 6.04 Å². The molecular weight excluding hydrogens is 378 g/mol. The largest absolute Gasteiger partial charge is 0.354 e. The van der Waals surface area contributed by atoms with Gasteiger partial charge in [0.05, 0.1) is 0 Å². The van der Waals surface area contributed by atoms with Gasteiger partial charge in [-0.05, 0) is 29.9 Å². The average Bonchev–Trinajstić information content (AvgIpc) is 3.01. The highest BCUT2D eigenvalue weighted by Crippen LogP contribution is 2.25. The van der Waals surface area contributed by atoms with Gasteiger partial charge in [0.15, 0.2) is 0 Å². The summed E-state index contributed by atoms with van der Waals surface area (Å²) in [6, 6.07) is 7.49. The fraction of sp³-hybridized carbons (Fsp3) is 0.625. The number of carbonyl (C=O) groups is 3. The normalized spacial score (nSPS) is 19.2. The number of amides is 3. The van der Waals surface area contributed by atoms with E-state index in [0.717, 1.165) is 37.1 Å². The van der Waals surface area contributed by atoms with Gasteiger partial charge in [-0.25, -0.2) is 0 Å². The van der Waals surface area contributed by atoms with Crippen molar-refractivity contribution in [3.05, 3.63) is 35.4 Å². The molecule has 164 valence electrons. The molecule has 1 unspecified atom stereocenters. The molecule has 1 aromatic rings. The molecule has 6 heteroatoms. The van der Waals surface area contributed by atoms with Gasteiger partial charge >= 0.3 is 0 Å². The summed E-state index contributed by atoms with van der Waals surface area (Å²) in [5, 5.41) is 2.93. The van der Waals surface area contributed by atoms with Gasteiger partial charge in [-0.15, -0.1) is 0 Å². The number of hydrogen-bond acceptors (Lipinski definition) is 3. The minimum absolute atomic E-state index is 0.0142. The monoisotopic (exact) mass is 413 g/mol. The van der Waals surface area contributed by atoms with Crippen LogP contribution < -0.4 is 5.32 Å². The molecule has 30 heavy (non-hydrogen) atoms. The molecule has 2 aliphatic rings. The first-order valence-corrected chi connectivity index (χ1v) is 11.4. The van der Waals surface area contributed by atoms with Crippen LogP contribution in [0.3, 0.4) is 0 Å². The number of fused-ring (bicyclic) bond motifs is 1. The smallest absolute Gasteiger partial charge is 0.243 e. The molecule has 2 heterocycles. The van der Waals surface area contributed by atoms with Crippen molar-refractivity contribution in [3.8, 4) is 0 Å². The Morgan fingerprint density at radius 1 is 1.00 bits per heavy atom. The molecule has 1 atom stereocenters. The van der Waals surface area contributed by atoms with Gasteiger partial charge in [0.25, 0.3) is 0 Å². The van der Waals surface area contributed by atoms with Crippen LogP contribution in [-0.4, -0.2) is 53.2 Å². The molecular formula is C24H35N3O3. The van der Waals surface area contributed by atoms with Crippen molar-refractivity contribution >= 4 is 17.7 Å². The summed E-state index contributed by atoms with van der Waals surface area (Å²) in [7, 11) is 0. The maximum absolute atomic E-state index is 13.0. The molecule has 0 radical (unpaired) electrons. The molecule has 1 N–H and O–H groups in total. The highest BCUT2D eigenvalue weighted by Gasteiger charge is 2.34. The van der Waals surface area contributed by atoms with Crippen LogP contribution in [0.15, 0.2) is 24.3 Å². The molecule has 0 aromatic heterocycles. The third kappa shape index (κ3) is 5.83. The standard InChI is InChI=1S/C24H35N3O3/c1-18(2)15-23(29)27-17-20-10-6-5-9-19(20)16-21(27)24(30)25-12-11-22(28)26-13-7-3-4-8-14-26/h5-6,9-10,18,21H,3-4,7-8,11-17H2,1-2H3,(H,25,30). The van der Waals surface area contributed by atoms with Crippen molar-refractivity contribution in [3.63, 3.8) is 0 Å². The molecule has 0 saturated carbocycles. The Kier molecular flexibility index (Phi) is 7.88. The Hall–Kier alpha value is -2.37. The molecule has 1 saturated heterocycles. The second kappa shape index (κ2) is 10.6. The van der Waals surface area contributed by atoms with Gasteiger partial charge in [0.1, 0.15) is 6.04 Å². The van der Waals surface area contributed by atoms with Crippen LogP contribution in [0, 0.1) is 5.92 Å². The molecule has 3 rings (SSSR count). The molecule has 1 fully saturated rings. The SMILES string of the molecule is CC(C)CC(=O)N1Cc2ccccc2CC1C(=O)NCCC(=O)N1CCCCCC1. The Morgan fingerprint density at radius 2 is 1.67 bits per heavy atom. The fourth-order valence-corrected chi connectivity index (χ4v) is 4.37. The zero-order valence-electron chi connectivity index (χ0n) is 18.4. The molecule has 1 aromatic carbocycles. The van der Waals surface area contributed by atoms with Gasteiger partial charge in [-0.3, -0.25) is 14.4 Å². The van der Waals surface area contributed by atoms with Crippen LogP contribution in [0.5, 0.6) is 0 Å². The Bertz CT molecular complexity index is 754. The lowest BCUT2D eigenvalue weighted by Gasteiger charge is -2.36. The number of rotatable bonds is 6. The van der Waals surface area contributed by atoms with E-state index in [2.05, 4.69) is 5.32 Å². The predicted octanol–water partition coefficient (Wildman–Crippen LogP) is 2.89. The van der Waals surface area contributed by atoms with Gasteiger partial charge < -0.3 is 15.1 Å². The molecule has 3 amide bonds. The van der Waals surface area contributed by atoms with Gasteiger partial charge in [-0.1, -0.05) is 51.0 Å². The maximum Gasteiger partial charge on any atom is 0.243 e. The van der Waals surface area contributed by atoms with E-state index in [-0.39, 0.29) is 23.6 Å². The van der Waals surface area contributed by atoms with E-state index in [4.69, 9.17) is 0 Å². The van der Waals surface area contributed by atoms with E-state index in [1.165, 1.54) is 12.8 Å². The third-order valence-electron chi connectivity index (χ3n) is 6.05. The Morgan fingerprint density at radius 3 is 2.33 bits per heavy atom. The maximum atomic E-state index is 13.0. The number of hydrogen-bond donors (Lipinski definition) is 1. The quantitative estimate of drug-likeness (QED) is 0.780. The number of likely N-dealkylation sites (tertiary alicyclic amines) is 1. The minimum Gasteiger partial charge on any atom is -0.354 e. The van der Waals surface area contributed by atoms with E-state index in [1.807, 2.05) is 43.0 Å². The van der Waals surface area contributed by atoms with Crippen molar-refractivity contribution < 1.29 is 14.4 Å². The summed E-state index contributed by atoms with van der Waals surface area (Å²) in [4.78, 5) is 41.9. The van der Waals surface area contributed by atoms with Crippen molar-refractivity contribution in [2.45, 2.75) is 71.4 Å². The Labute approximate surface area is 180 Å². The number of nitrogens with one attached hydrogen (secondary N) is 1. The van der Waals surface area contributed by atoms with Crippen molar-refractivity contribution in [1.82, 2.24) is 15.1 Å². The van der Waals surface area contributed by atoms with E-state index in [1.54, 1.807) is 4.90 Å². The molecule has 0 aliphatic carbocycles. The lowest BCUT2D eigenvalue weighted by Crippen LogP contribution is -2.53. The van der Waals surface area contributed by atoms with Crippen molar-refractivity contribution in [2.75, 3.05) is 19.6 Å². The molecule has 6 nitrogen and oxygen atoms in total. The van der Waals surface area contributed by atoms with Crippen LogP contribution in [0.25, 0.3) is 0 Å². The summed E-state index contributed by atoms with van der Waals surface area (Å²) < 4.78 is 0. The second-order valence-electron chi connectivity index (χ2n) is 8.94. The summed E-state index contributed by atoms with van der Waals surface area (Å²) in [5.74, 6) is 0.203. The highest BCUT2D eigenvalue weighted by atomic mass is 16.2. The van der Waals surface area contributed by atoms with E-state index in [0.29, 0.717) is 32.4 Å². The van der Waals surface area contributed by atoms with E-state index >= 15 is 0 Å². The molecule has 2 aliphatic heterocycles. The van der Waals surface area contributed by atoms with Gasteiger partial charge in [-0.2, -0.15) is 0 Å². The average molecular weight is 414 g/mol. The van der Waals surface area contributed by atoms with Crippen molar-refractivity contribution in [1.29, 1.82) is 0 Å². The summed E-state index contributed by atoms with van der Waals surface area (Å²) in [6.07, 6.45) is 5.76. The minimum atomic E-state index is -0.514. The van der Waals surface area contributed by atoms with Gasteiger partial charge in [0.2, 0.25) is 17.7 Å². The summed E-state index contributed by atoms with van der Waals surface area (Å²) in [6.45, 7) is 6.46. The zero-order valence-corrected chi connectivity index (χ0v) is 18.4. The van der Waals surface area contributed by atoms with Crippen LogP contribution in [0.2, 0.25) is 0 Å². The van der Waals surface area contributed by atoms with E-state index in [9.17, 15) is 14.4 Å². The Balaban J connectivity index is 1.60. The van der Waals surface area contributed by atoms with Crippen LogP contribution in [0.1, 0.15) is 63.5 Å². The van der Waals surface area contributed by atoms with Crippen LogP contribution in [-0.2, 0) is 27.3 Å². The number of carbonyl (C=O) groups excluding carboxylic acids is 3. The fourth-order valence-electron chi connectivity index (χ4n) is 4.37. The molecule has 0 spiro atoms. The summed E-state index contributed by atoms with van der Waals surface area (Å²) >= 11 is 0. The zero-order chi connectivity index (χ0) is 21.5. The number of nitrogens with zero attached hydrogens (tertiary/aromatic N) is 2. The lowest BCUT2D eigenvalue weighted by molar-refractivity contribution is -0.142. The van der Waals surface area contributed by atoms with Crippen LogP contribution >= 0.6 is 0 Å². The van der Waals surface area contributed by atoms with Crippen molar-refractivity contribution in [2.24, 2.45) is 5.92 Å². The second-order valence-corrected chi connectivity index (χ2v) is 8.94. The summed E-state index contributed by atoms with van der Waals surface area (Å²) in [5.41, 5.74) is 2.22. The van der Waals surface area contributed by atoms with Gasteiger partial charge in [0, 0.05) is 45.4 Å². The first-order valence-electron chi connectivity index (χ1n) is 11.4. The number of benzene rings is 1. The molecule has 0 bridgehead atoms. The predicted molar refractivity (Wildman–Crippen MR) is 117 cm³/mol. The lowest BCUT2D eigenvalue weighted by atomic mass is 9.92. The topological polar surface area (TPSA) is 69.7 Å².